The van der Waals surface area contributed by atoms with Gasteiger partial charge in [0.05, 0.1) is 0 Å². The minimum atomic E-state index is -0.972. The van der Waals surface area contributed by atoms with Gasteiger partial charge < -0.3 is 15.3 Å². The predicted octanol–water partition coefficient (Wildman–Crippen LogP) is 1.68. The number of amides is 2. The fourth-order valence-corrected chi connectivity index (χ4v) is 2.26. The highest BCUT2D eigenvalue weighted by Gasteiger charge is 2.31. The van der Waals surface area contributed by atoms with Gasteiger partial charge in [-0.1, -0.05) is 20.8 Å². The smallest absolute Gasteiger partial charge is 0.326 e. The third-order valence-corrected chi connectivity index (χ3v) is 3.32. The van der Waals surface area contributed by atoms with E-state index in [1.165, 1.54) is 0 Å². The zero-order chi connectivity index (χ0) is 13.0. The third-order valence-electron chi connectivity index (χ3n) is 3.32. The van der Waals surface area contributed by atoms with Gasteiger partial charge in [0.25, 0.3) is 0 Å². The van der Waals surface area contributed by atoms with E-state index in [1.807, 2.05) is 6.92 Å². The summed E-state index contributed by atoms with van der Waals surface area (Å²) in [5.74, 6) is -1.08. The SMILES string of the molecule is CCC1CCCN1C(=O)NC(C(=O)O)C(C)C. The molecule has 0 aromatic heterocycles. The summed E-state index contributed by atoms with van der Waals surface area (Å²) in [6, 6.07) is -0.785. The van der Waals surface area contributed by atoms with Crippen molar-refractivity contribution in [1.29, 1.82) is 0 Å². The molecule has 2 unspecified atom stereocenters. The Bertz CT molecular complexity index is 291. The molecule has 0 aromatic carbocycles. The molecule has 1 fully saturated rings. The van der Waals surface area contributed by atoms with Crippen molar-refractivity contribution >= 4 is 12.0 Å². The Kier molecular flexibility index (Phi) is 4.78. The summed E-state index contributed by atoms with van der Waals surface area (Å²) in [5.41, 5.74) is 0. The summed E-state index contributed by atoms with van der Waals surface area (Å²) >= 11 is 0. The fourth-order valence-electron chi connectivity index (χ4n) is 2.26. The summed E-state index contributed by atoms with van der Waals surface area (Å²) in [4.78, 5) is 24.8. The number of carbonyl (C=O) groups is 2. The van der Waals surface area contributed by atoms with E-state index in [0.717, 1.165) is 25.8 Å². The Balaban J connectivity index is 2.61. The van der Waals surface area contributed by atoms with E-state index in [2.05, 4.69) is 5.32 Å². The van der Waals surface area contributed by atoms with Gasteiger partial charge in [-0.3, -0.25) is 0 Å². The molecule has 1 heterocycles. The molecule has 1 aliphatic heterocycles. The average molecular weight is 242 g/mol. The van der Waals surface area contributed by atoms with Gasteiger partial charge in [-0.05, 0) is 25.2 Å². The van der Waals surface area contributed by atoms with Crippen molar-refractivity contribution in [3.63, 3.8) is 0 Å². The van der Waals surface area contributed by atoms with Crippen LogP contribution < -0.4 is 5.32 Å². The quantitative estimate of drug-likeness (QED) is 0.788. The highest BCUT2D eigenvalue weighted by atomic mass is 16.4. The topological polar surface area (TPSA) is 69.6 Å². The van der Waals surface area contributed by atoms with Crippen molar-refractivity contribution in [2.45, 2.75) is 52.1 Å². The van der Waals surface area contributed by atoms with Crippen molar-refractivity contribution in [2.75, 3.05) is 6.54 Å². The molecule has 1 saturated heterocycles. The van der Waals surface area contributed by atoms with Gasteiger partial charge in [-0.2, -0.15) is 0 Å². The molecule has 1 aliphatic rings. The second kappa shape index (κ2) is 5.89. The summed E-state index contributed by atoms with van der Waals surface area (Å²) in [5, 5.41) is 11.6. The van der Waals surface area contributed by atoms with Gasteiger partial charge in [0.15, 0.2) is 0 Å². The predicted molar refractivity (Wildman–Crippen MR) is 64.8 cm³/mol. The Labute approximate surface area is 102 Å². The highest BCUT2D eigenvalue weighted by molar-refractivity contribution is 5.83. The zero-order valence-corrected chi connectivity index (χ0v) is 10.8. The maximum absolute atomic E-state index is 12.0. The number of rotatable bonds is 4. The Morgan fingerprint density at radius 3 is 2.59 bits per heavy atom. The van der Waals surface area contributed by atoms with E-state index in [-0.39, 0.29) is 18.0 Å². The van der Waals surface area contributed by atoms with E-state index in [4.69, 9.17) is 5.11 Å². The van der Waals surface area contributed by atoms with E-state index in [9.17, 15) is 9.59 Å². The van der Waals surface area contributed by atoms with Crippen LogP contribution in [0.5, 0.6) is 0 Å². The molecule has 0 aromatic rings. The lowest BCUT2D eigenvalue weighted by Crippen LogP contribution is -2.51. The Hall–Kier alpha value is -1.26. The maximum Gasteiger partial charge on any atom is 0.326 e. The second-order valence-electron chi connectivity index (χ2n) is 4.91. The van der Waals surface area contributed by atoms with Crippen LogP contribution in [0.15, 0.2) is 0 Å². The molecule has 2 atom stereocenters. The third kappa shape index (κ3) is 3.35. The monoisotopic (exact) mass is 242 g/mol. The van der Waals surface area contributed by atoms with Crippen molar-refractivity contribution in [3.05, 3.63) is 0 Å². The molecule has 5 nitrogen and oxygen atoms in total. The first-order valence-corrected chi connectivity index (χ1v) is 6.27. The Morgan fingerprint density at radius 2 is 2.12 bits per heavy atom. The van der Waals surface area contributed by atoms with Crippen LogP contribution in [-0.4, -0.2) is 40.6 Å². The van der Waals surface area contributed by atoms with Gasteiger partial charge in [0.1, 0.15) is 6.04 Å². The maximum atomic E-state index is 12.0. The number of hydrogen-bond donors (Lipinski definition) is 2. The van der Waals surface area contributed by atoms with E-state index < -0.39 is 12.0 Å². The second-order valence-corrected chi connectivity index (χ2v) is 4.91. The summed E-state index contributed by atoms with van der Waals surface area (Å²) in [6.07, 6.45) is 2.95. The lowest BCUT2D eigenvalue weighted by atomic mass is 10.1. The fraction of sp³-hybridized carbons (Fsp3) is 0.833. The standard InChI is InChI=1S/C12H22N2O3/c1-4-9-6-5-7-14(9)12(17)13-10(8(2)3)11(15)16/h8-10H,4-7H2,1-3H3,(H,13,17)(H,15,16). The van der Waals surface area contributed by atoms with Gasteiger partial charge >= 0.3 is 12.0 Å². The van der Waals surface area contributed by atoms with E-state index in [0.29, 0.717) is 0 Å². The molecule has 1 rings (SSSR count). The number of hydrogen-bond acceptors (Lipinski definition) is 2. The number of urea groups is 1. The molecule has 0 saturated carbocycles. The van der Waals surface area contributed by atoms with Gasteiger partial charge in [-0.15, -0.1) is 0 Å². The molecule has 2 amide bonds. The van der Waals surface area contributed by atoms with Crippen molar-refractivity contribution in [2.24, 2.45) is 5.92 Å². The van der Waals surface area contributed by atoms with Crippen LogP contribution in [0.1, 0.15) is 40.0 Å². The zero-order valence-electron chi connectivity index (χ0n) is 10.8. The molecule has 2 N–H and O–H groups in total. The van der Waals surface area contributed by atoms with Crippen LogP contribution in [0.3, 0.4) is 0 Å². The molecule has 98 valence electrons. The summed E-state index contributed by atoms with van der Waals surface area (Å²) < 4.78 is 0. The molecular weight excluding hydrogens is 220 g/mol. The number of carboxylic acids is 1. The van der Waals surface area contributed by atoms with Crippen molar-refractivity contribution < 1.29 is 14.7 Å². The molecule has 0 aliphatic carbocycles. The van der Waals surface area contributed by atoms with Crippen LogP contribution in [0.4, 0.5) is 4.79 Å². The first kappa shape index (κ1) is 13.8. The normalized spacial score (nSPS) is 21.6. The van der Waals surface area contributed by atoms with Crippen LogP contribution in [0, 0.1) is 5.92 Å². The van der Waals surface area contributed by atoms with E-state index >= 15 is 0 Å². The molecule has 17 heavy (non-hydrogen) atoms. The lowest BCUT2D eigenvalue weighted by molar-refractivity contribution is -0.140. The minimum absolute atomic E-state index is 0.112. The number of likely N-dealkylation sites (tertiary alicyclic amines) is 1. The van der Waals surface area contributed by atoms with Gasteiger partial charge in [0.2, 0.25) is 0 Å². The number of nitrogens with zero attached hydrogens (tertiary/aromatic N) is 1. The first-order valence-electron chi connectivity index (χ1n) is 6.27. The van der Waals surface area contributed by atoms with Gasteiger partial charge in [-0.25, -0.2) is 9.59 Å². The number of aliphatic carboxylic acids is 1. The van der Waals surface area contributed by atoms with Crippen molar-refractivity contribution in [3.8, 4) is 0 Å². The van der Waals surface area contributed by atoms with E-state index in [1.54, 1.807) is 18.7 Å². The minimum Gasteiger partial charge on any atom is -0.480 e. The van der Waals surface area contributed by atoms with Crippen molar-refractivity contribution in [1.82, 2.24) is 10.2 Å². The molecule has 0 radical (unpaired) electrons. The summed E-state index contributed by atoms with van der Waals surface area (Å²) in [6.45, 7) is 6.36. The van der Waals surface area contributed by atoms with Crippen LogP contribution in [0.25, 0.3) is 0 Å². The number of nitrogens with one attached hydrogen (secondary N) is 1. The average Bonchev–Trinajstić information content (AvgIpc) is 2.72. The molecule has 0 bridgehead atoms. The molecule has 0 spiro atoms. The number of carbonyl (C=O) groups excluding carboxylic acids is 1. The Morgan fingerprint density at radius 1 is 1.47 bits per heavy atom. The van der Waals surface area contributed by atoms with Crippen LogP contribution in [0.2, 0.25) is 0 Å². The molecular formula is C12H22N2O3. The van der Waals surface area contributed by atoms with Crippen LogP contribution >= 0.6 is 0 Å². The number of carboxylic acid groups (broad SMARTS) is 1. The first-order chi connectivity index (χ1) is 7.97. The molecule has 5 heteroatoms. The summed E-state index contributed by atoms with van der Waals surface area (Å²) in [7, 11) is 0. The largest absolute Gasteiger partial charge is 0.480 e. The lowest BCUT2D eigenvalue weighted by Gasteiger charge is -2.27. The highest BCUT2D eigenvalue weighted by Crippen LogP contribution is 2.20. The van der Waals surface area contributed by atoms with Gasteiger partial charge in [0, 0.05) is 12.6 Å². The van der Waals surface area contributed by atoms with Crippen LogP contribution in [-0.2, 0) is 4.79 Å².